The summed E-state index contributed by atoms with van der Waals surface area (Å²) in [6.07, 6.45) is 0. The van der Waals surface area contributed by atoms with E-state index in [0.29, 0.717) is 0 Å². The average Bonchev–Trinajstić information content (AvgIpc) is 3.08. The number of benzene rings is 6. The molecule has 1 aliphatic carbocycles. The van der Waals surface area contributed by atoms with Gasteiger partial charge in [-0.25, -0.2) is 0 Å². The fourth-order valence-electron chi connectivity index (χ4n) is 5.89. The van der Waals surface area contributed by atoms with E-state index >= 15 is 0 Å². The van der Waals surface area contributed by atoms with E-state index in [1.54, 1.807) is 0 Å². The lowest BCUT2D eigenvalue weighted by Gasteiger charge is -2.22. The Morgan fingerprint density at radius 3 is 2.03 bits per heavy atom. The van der Waals surface area contributed by atoms with Gasteiger partial charge in [-0.2, -0.15) is 0 Å². The van der Waals surface area contributed by atoms with Crippen molar-refractivity contribution in [1.29, 1.82) is 0 Å². The molecule has 0 saturated carbocycles. The molecule has 0 heteroatoms. The fraction of sp³-hybridized carbons (Fsp3) is 0.0909. The first kappa shape index (κ1) is 18.7. The van der Waals surface area contributed by atoms with Gasteiger partial charge in [-0.3, -0.25) is 0 Å². The van der Waals surface area contributed by atoms with E-state index in [-0.39, 0.29) is 5.41 Å². The van der Waals surface area contributed by atoms with Crippen molar-refractivity contribution in [3.8, 4) is 22.3 Å². The highest BCUT2D eigenvalue weighted by Crippen LogP contribution is 2.50. The predicted octanol–water partition coefficient (Wildman–Crippen LogP) is 9.12. The molecule has 6 aromatic rings. The van der Waals surface area contributed by atoms with Crippen molar-refractivity contribution < 1.29 is 0 Å². The first-order valence-electron chi connectivity index (χ1n) is 11.7. The number of hydrogen-bond acceptors (Lipinski definition) is 0. The van der Waals surface area contributed by atoms with Gasteiger partial charge in [0, 0.05) is 5.41 Å². The number of hydrogen-bond donors (Lipinski definition) is 0. The Labute approximate surface area is 194 Å². The molecule has 0 N–H and O–H groups in total. The Kier molecular flexibility index (Phi) is 3.71. The minimum atomic E-state index is 0.00945. The van der Waals surface area contributed by atoms with Crippen molar-refractivity contribution >= 4 is 32.3 Å². The second-order valence-electron chi connectivity index (χ2n) is 9.82. The Balaban J connectivity index is 1.52. The van der Waals surface area contributed by atoms with Gasteiger partial charge >= 0.3 is 0 Å². The van der Waals surface area contributed by atoms with Crippen molar-refractivity contribution in [2.75, 3.05) is 0 Å². The summed E-state index contributed by atoms with van der Waals surface area (Å²) in [5.74, 6) is 0. The molecule has 0 bridgehead atoms. The zero-order valence-electron chi connectivity index (χ0n) is 18.9. The fourth-order valence-corrected chi connectivity index (χ4v) is 5.89. The van der Waals surface area contributed by atoms with E-state index in [4.69, 9.17) is 0 Å². The van der Waals surface area contributed by atoms with Crippen LogP contribution in [-0.4, -0.2) is 0 Å². The summed E-state index contributed by atoms with van der Waals surface area (Å²) in [5.41, 5.74) is 8.19. The van der Waals surface area contributed by atoms with Crippen LogP contribution in [0, 0.1) is 0 Å². The maximum Gasteiger partial charge on any atom is 0.0159 e. The van der Waals surface area contributed by atoms with Gasteiger partial charge in [0.1, 0.15) is 0 Å². The van der Waals surface area contributed by atoms with Gasteiger partial charge in [-0.15, -0.1) is 0 Å². The molecule has 0 amide bonds. The van der Waals surface area contributed by atoms with Crippen LogP contribution in [0.15, 0.2) is 109 Å². The Morgan fingerprint density at radius 2 is 1.09 bits per heavy atom. The van der Waals surface area contributed by atoms with Crippen molar-refractivity contribution in [2.24, 2.45) is 0 Å². The van der Waals surface area contributed by atoms with Gasteiger partial charge in [-0.1, -0.05) is 105 Å². The molecular formula is C33H24. The van der Waals surface area contributed by atoms with Crippen LogP contribution >= 0.6 is 0 Å². The monoisotopic (exact) mass is 420 g/mol. The molecule has 0 nitrogen and oxygen atoms in total. The third-order valence-electron chi connectivity index (χ3n) is 7.64. The lowest BCUT2D eigenvalue weighted by Crippen LogP contribution is -2.14. The smallest absolute Gasteiger partial charge is 0.0159 e. The molecule has 33 heavy (non-hydrogen) atoms. The highest BCUT2D eigenvalue weighted by atomic mass is 14.4. The third kappa shape index (κ3) is 2.58. The maximum atomic E-state index is 2.46. The summed E-state index contributed by atoms with van der Waals surface area (Å²) in [7, 11) is 0. The van der Waals surface area contributed by atoms with E-state index < -0.39 is 0 Å². The molecule has 0 aliphatic heterocycles. The van der Waals surface area contributed by atoms with E-state index in [9.17, 15) is 0 Å². The number of fused-ring (bicyclic) bond motifs is 7. The van der Waals surface area contributed by atoms with Crippen molar-refractivity contribution in [3.63, 3.8) is 0 Å². The van der Waals surface area contributed by atoms with Gasteiger partial charge < -0.3 is 0 Å². The van der Waals surface area contributed by atoms with Crippen molar-refractivity contribution in [2.45, 2.75) is 19.3 Å². The summed E-state index contributed by atoms with van der Waals surface area (Å²) in [6, 6.07) is 40.5. The third-order valence-corrected chi connectivity index (χ3v) is 7.64. The van der Waals surface area contributed by atoms with Gasteiger partial charge in [0.25, 0.3) is 0 Å². The summed E-state index contributed by atoms with van der Waals surface area (Å²) in [6.45, 7) is 4.71. The van der Waals surface area contributed by atoms with Crippen LogP contribution in [0.5, 0.6) is 0 Å². The molecule has 1 aliphatic rings. The number of rotatable bonds is 1. The first-order valence-corrected chi connectivity index (χ1v) is 11.7. The largest absolute Gasteiger partial charge is 0.0619 e. The Bertz CT molecular complexity index is 1730. The van der Waals surface area contributed by atoms with Crippen LogP contribution in [0.4, 0.5) is 0 Å². The van der Waals surface area contributed by atoms with E-state index in [1.807, 2.05) is 0 Å². The van der Waals surface area contributed by atoms with Crippen LogP contribution in [0.1, 0.15) is 25.0 Å². The van der Waals surface area contributed by atoms with Crippen LogP contribution < -0.4 is 0 Å². The first-order chi connectivity index (χ1) is 16.1. The molecule has 0 saturated heterocycles. The molecule has 6 aromatic carbocycles. The van der Waals surface area contributed by atoms with E-state index in [0.717, 1.165) is 0 Å². The quantitative estimate of drug-likeness (QED) is 0.233. The summed E-state index contributed by atoms with van der Waals surface area (Å²) in [5, 5.41) is 7.85. The molecule has 0 aromatic heterocycles. The van der Waals surface area contributed by atoms with Gasteiger partial charge in [-0.05, 0) is 83.9 Å². The predicted molar refractivity (Wildman–Crippen MR) is 142 cm³/mol. The Hall–Kier alpha value is -3.90. The zero-order valence-corrected chi connectivity index (χ0v) is 18.9. The van der Waals surface area contributed by atoms with Gasteiger partial charge in [0.05, 0.1) is 0 Å². The zero-order chi connectivity index (χ0) is 22.2. The molecule has 0 heterocycles. The highest BCUT2D eigenvalue weighted by molar-refractivity contribution is 6.11. The SMILES string of the molecule is CC1(C)c2ccccc2-c2cc3ccc4ccc(-c5cccc6ccccc56)cc4c3cc21. The average molecular weight is 421 g/mol. The van der Waals surface area contributed by atoms with Gasteiger partial charge in [0.2, 0.25) is 0 Å². The minimum absolute atomic E-state index is 0.00945. The van der Waals surface area contributed by atoms with E-state index in [2.05, 4.69) is 123 Å². The molecule has 0 fully saturated rings. The van der Waals surface area contributed by atoms with Crippen LogP contribution in [-0.2, 0) is 5.41 Å². The molecule has 156 valence electrons. The minimum Gasteiger partial charge on any atom is -0.0619 e. The topological polar surface area (TPSA) is 0 Å². The van der Waals surface area contributed by atoms with Crippen molar-refractivity contribution in [3.05, 3.63) is 120 Å². The summed E-state index contributed by atoms with van der Waals surface area (Å²) >= 11 is 0. The van der Waals surface area contributed by atoms with Crippen molar-refractivity contribution in [1.82, 2.24) is 0 Å². The standard InChI is InChI=1S/C33H24/c1-33(2)31-13-6-5-11-27(31)30-19-24-17-15-22-14-16-23(18-28(22)29(24)20-32(30)33)26-12-7-9-21-8-3-4-10-25(21)26/h3-20H,1-2H3. The highest BCUT2D eigenvalue weighted by Gasteiger charge is 2.35. The lowest BCUT2D eigenvalue weighted by atomic mass is 9.81. The van der Waals surface area contributed by atoms with Gasteiger partial charge in [0.15, 0.2) is 0 Å². The Morgan fingerprint density at radius 1 is 0.424 bits per heavy atom. The molecule has 0 spiro atoms. The maximum absolute atomic E-state index is 2.46. The molecular weight excluding hydrogens is 396 g/mol. The molecule has 7 rings (SSSR count). The molecule has 0 unspecified atom stereocenters. The van der Waals surface area contributed by atoms with Crippen LogP contribution in [0.2, 0.25) is 0 Å². The molecule has 0 radical (unpaired) electrons. The van der Waals surface area contributed by atoms with E-state index in [1.165, 1.54) is 65.7 Å². The summed E-state index contributed by atoms with van der Waals surface area (Å²) < 4.78 is 0. The summed E-state index contributed by atoms with van der Waals surface area (Å²) in [4.78, 5) is 0. The second kappa shape index (κ2) is 6.56. The lowest BCUT2D eigenvalue weighted by molar-refractivity contribution is 0.661. The van der Waals surface area contributed by atoms with Crippen LogP contribution in [0.3, 0.4) is 0 Å². The normalized spacial score (nSPS) is 14.0. The molecule has 0 atom stereocenters. The van der Waals surface area contributed by atoms with Crippen LogP contribution in [0.25, 0.3) is 54.6 Å². The second-order valence-corrected chi connectivity index (χ2v) is 9.82.